The van der Waals surface area contributed by atoms with Crippen LogP contribution in [0.1, 0.15) is 25.5 Å². The van der Waals surface area contributed by atoms with Crippen LogP contribution in [0.3, 0.4) is 0 Å². The van der Waals surface area contributed by atoms with E-state index in [2.05, 4.69) is 24.3 Å². The summed E-state index contributed by atoms with van der Waals surface area (Å²) in [6.07, 6.45) is 4.33. The van der Waals surface area contributed by atoms with Gasteiger partial charge in [-0.15, -0.1) is 12.4 Å². The van der Waals surface area contributed by atoms with Crippen molar-refractivity contribution < 1.29 is 0 Å². The molecule has 1 rings (SSSR count). The van der Waals surface area contributed by atoms with Gasteiger partial charge in [0.2, 0.25) is 0 Å². The number of anilines is 1. The molecule has 1 N–H and O–H groups in total. The van der Waals surface area contributed by atoms with Gasteiger partial charge in [-0.3, -0.25) is 4.68 Å². The molecule has 13 heavy (non-hydrogen) atoms. The molecule has 0 saturated heterocycles. The van der Waals surface area contributed by atoms with Gasteiger partial charge in [-0.1, -0.05) is 13.3 Å². The van der Waals surface area contributed by atoms with Gasteiger partial charge >= 0.3 is 0 Å². The number of nitrogens with one attached hydrogen (secondary N) is 1. The fourth-order valence-electron chi connectivity index (χ4n) is 1.07. The average molecular weight is 204 g/mol. The Morgan fingerprint density at radius 2 is 2.23 bits per heavy atom. The summed E-state index contributed by atoms with van der Waals surface area (Å²) in [7, 11) is 1.96. The zero-order valence-corrected chi connectivity index (χ0v) is 9.32. The molecule has 1 aromatic heterocycles. The Morgan fingerprint density at radius 3 is 2.69 bits per heavy atom. The van der Waals surface area contributed by atoms with Crippen molar-refractivity contribution in [2.24, 2.45) is 7.05 Å². The van der Waals surface area contributed by atoms with E-state index in [0.29, 0.717) is 0 Å². The molecule has 4 heteroatoms. The fourth-order valence-corrected chi connectivity index (χ4v) is 1.07. The largest absolute Gasteiger partial charge is 0.382 e. The first-order chi connectivity index (χ1) is 5.75. The summed E-state index contributed by atoms with van der Waals surface area (Å²) in [5, 5.41) is 7.50. The zero-order valence-electron chi connectivity index (χ0n) is 8.50. The highest BCUT2D eigenvalue weighted by atomic mass is 35.5. The van der Waals surface area contributed by atoms with Crippen molar-refractivity contribution in [3.8, 4) is 0 Å². The summed E-state index contributed by atoms with van der Waals surface area (Å²) in [5.74, 6) is 0. The van der Waals surface area contributed by atoms with Gasteiger partial charge in [0.25, 0.3) is 0 Å². The predicted molar refractivity (Wildman–Crippen MR) is 58.6 cm³/mol. The average Bonchev–Trinajstić information content (AvgIpc) is 2.36. The molecule has 0 radical (unpaired) electrons. The lowest BCUT2D eigenvalue weighted by Crippen LogP contribution is -2.02. The van der Waals surface area contributed by atoms with Crippen LogP contribution in [0.15, 0.2) is 6.20 Å². The monoisotopic (exact) mass is 203 g/mol. The number of halogens is 1. The second-order valence-corrected chi connectivity index (χ2v) is 3.05. The third-order valence-electron chi connectivity index (χ3n) is 2.08. The smallest absolute Gasteiger partial charge is 0.0756 e. The Morgan fingerprint density at radius 1 is 1.54 bits per heavy atom. The Hall–Kier alpha value is -0.700. The van der Waals surface area contributed by atoms with Gasteiger partial charge in [-0.05, 0) is 13.3 Å². The molecule has 0 amide bonds. The highest BCUT2D eigenvalue weighted by Crippen LogP contribution is 2.11. The molecule has 0 atom stereocenters. The summed E-state index contributed by atoms with van der Waals surface area (Å²) in [4.78, 5) is 0. The van der Waals surface area contributed by atoms with Crippen LogP contribution >= 0.6 is 12.4 Å². The summed E-state index contributed by atoms with van der Waals surface area (Å²) in [6, 6.07) is 0. The molecule has 3 nitrogen and oxygen atoms in total. The normalized spacial score (nSPS) is 9.46. The minimum absolute atomic E-state index is 0. The summed E-state index contributed by atoms with van der Waals surface area (Å²) in [5.41, 5.74) is 2.36. The van der Waals surface area contributed by atoms with Gasteiger partial charge in [0.1, 0.15) is 0 Å². The third kappa shape index (κ3) is 3.27. The van der Waals surface area contributed by atoms with Crippen molar-refractivity contribution in [3.05, 3.63) is 11.9 Å². The van der Waals surface area contributed by atoms with E-state index in [9.17, 15) is 0 Å². The standard InChI is InChI=1S/C9H17N3.ClH/c1-4-5-6-10-9-7-11-12(3)8(9)2;/h7,10H,4-6H2,1-3H3;1H. The third-order valence-corrected chi connectivity index (χ3v) is 2.08. The number of nitrogens with zero attached hydrogens (tertiary/aromatic N) is 2. The Bertz CT molecular complexity index is 245. The number of hydrogen-bond donors (Lipinski definition) is 1. The first-order valence-corrected chi connectivity index (χ1v) is 4.48. The fraction of sp³-hybridized carbons (Fsp3) is 0.667. The van der Waals surface area contributed by atoms with Crippen LogP contribution in [-0.4, -0.2) is 16.3 Å². The molecule has 0 bridgehead atoms. The zero-order chi connectivity index (χ0) is 8.97. The van der Waals surface area contributed by atoms with Gasteiger partial charge in [0.15, 0.2) is 0 Å². The van der Waals surface area contributed by atoms with E-state index in [4.69, 9.17) is 0 Å². The maximum atomic E-state index is 4.15. The Balaban J connectivity index is 0.00000144. The second-order valence-electron chi connectivity index (χ2n) is 3.05. The number of aryl methyl sites for hydroxylation is 1. The van der Waals surface area contributed by atoms with Gasteiger partial charge in [0.05, 0.1) is 17.6 Å². The second kappa shape index (κ2) is 5.86. The maximum absolute atomic E-state index is 4.15. The van der Waals surface area contributed by atoms with Crippen molar-refractivity contribution >= 4 is 18.1 Å². The van der Waals surface area contributed by atoms with Crippen LogP contribution in [0, 0.1) is 6.92 Å². The van der Waals surface area contributed by atoms with Gasteiger partial charge < -0.3 is 5.32 Å². The topological polar surface area (TPSA) is 29.9 Å². The van der Waals surface area contributed by atoms with E-state index in [1.807, 2.05) is 17.9 Å². The van der Waals surface area contributed by atoms with Crippen LogP contribution in [0.25, 0.3) is 0 Å². The molecule has 0 unspecified atom stereocenters. The molecule has 76 valence electrons. The van der Waals surface area contributed by atoms with E-state index in [1.165, 1.54) is 18.5 Å². The SMILES string of the molecule is CCCCNc1cnn(C)c1C.Cl. The molecule has 0 aromatic carbocycles. The van der Waals surface area contributed by atoms with Crippen LogP contribution in [0.4, 0.5) is 5.69 Å². The minimum atomic E-state index is 0. The predicted octanol–water partition coefficient (Wildman–Crippen LogP) is 2.36. The van der Waals surface area contributed by atoms with Crippen LogP contribution in [-0.2, 0) is 7.05 Å². The summed E-state index contributed by atoms with van der Waals surface area (Å²) >= 11 is 0. The van der Waals surface area contributed by atoms with Crippen LogP contribution < -0.4 is 5.32 Å². The minimum Gasteiger partial charge on any atom is -0.382 e. The van der Waals surface area contributed by atoms with Gasteiger partial charge in [-0.2, -0.15) is 5.10 Å². The lowest BCUT2D eigenvalue weighted by atomic mass is 10.3. The molecule has 1 aromatic rings. The van der Waals surface area contributed by atoms with Crippen LogP contribution in [0.5, 0.6) is 0 Å². The first kappa shape index (κ1) is 12.3. The maximum Gasteiger partial charge on any atom is 0.0756 e. The van der Waals surface area contributed by atoms with Crippen LogP contribution in [0.2, 0.25) is 0 Å². The Kier molecular flexibility index (Phi) is 5.55. The highest BCUT2D eigenvalue weighted by molar-refractivity contribution is 5.85. The number of unbranched alkanes of at least 4 members (excludes halogenated alkanes) is 1. The quantitative estimate of drug-likeness (QED) is 0.762. The van der Waals surface area contributed by atoms with E-state index in [1.54, 1.807) is 0 Å². The van der Waals surface area contributed by atoms with Crippen molar-refractivity contribution in [3.63, 3.8) is 0 Å². The number of rotatable bonds is 4. The molecule has 0 aliphatic heterocycles. The molecule has 0 fully saturated rings. The van der Waals surface area contributed by atoms with E-state index in [0.717, 1.165) is 12.2 Å². The molecular formula is C9H18ClN3. The van der Waals surface area contributed by atoms with E-state index >= 15 is 0 Å². The van der Waals surface area contributed by atoms with Crippen molar-refractivity contribution in [2.45, 2.75) is 26.7 Å². The molecule has 1 heterocycles. The van der Waals surface area contributed by atoms with Crippen molar-refractivity contribution in [1.29, 1.82) is 0 Å². The van der Waals surface area contributed by atoms with E-state index in [-0.39, 0.29) is 12.4 Å². The number of hydrogen-bond acceptors (Lipinski definition) is 2. The molecule has 0 aliphatic rings. The van der Waals surface area contributed by atoms with Crippen molar-refractivity contribution in [2.75, 3.05) is 11.9 Å². The molecule has 0 saturated carbocycles. The lowest BCUT2D eigenvalue weighted by Gasteiger charge is -2.03. The highest BCUT2D eigenvalue weighted by Gasteiger charge is 2.00. The van der Waals surface area contributed by atoms with Gasteiger partial charge in [0, 0.05) is 13.6 Å². The summed E-state index contributed by atoms with van der Waals surface area (Å²) in [6.45, 7) is 5.31. The molecule has 0 spiro atoms. The van der Waals surface area contributed by atoms with E-state index < -0.39 is 0 Å². The number of aromatic nitrogens is 2. The summed E-state index contributed by atoms with van der Waals surface area (Å²) < 4.78 is 1.88. The molecule has 0 aliphatic carbocycles. The molecular weight excluding hydrogens is 186 g/mol. The van der Waals surface area contributed by atoms with Crippen molar-refractivity contribution in [1.82, 2.24) is 9.78 Å². The Labute approximate surface area is 85.9 Å². The van der Waals surface area contributed by atoms with Gasteiger partial charge in [-0.25, -0.2) is 0 Å². The lowest BCUT2D eigenvalue weighted by molar-refractivity contribution is 0.740. The first-order valence-electron chi connectivity index (χ1n) is 4.48.